The SMILES string of the molecule is Cc1cc(/C=N\NC(=O)Cc2ccc(Br)cc2)c(C)n1-c1ccc(Cl)cc1. The second-order valence-corrected chi connectivity index (χ2v) is 7.59. The molecule has 27 heavy (non-hydrogen) atoms. The molecule has 0 saturated carbocycles. The van der Waals surface area contributed by atoms with Gasteiger partial charge < -0.3 is 4.57 Å². The Kier molecular flexibility index (Phi) is 6.14. The van der Waals surface area contributed by atoms with E-state index in [4.69, 9.17) is 11.6 Å². The van der Waals surface area contributed by atoms with Crippen molar-refractivity contribution in [2.75, 3.05) is 0 Å². The molecule has 1 heterocycles. The van der Waals surface area contributed by atoms with Gasteiger partial charge in [-0.25, -0.2) is 5.43 Å². The summed E-state index contributed by atoms with van der Waals surface area (Å²) in [6.07, 6.45) is 1.96. The monoisotopic (exact) mass is 443 g/mol. The molecule has 1 N–H and O–H groups in total. The van der Waals surface area contributed by atoms with Crippen LogP contribution in [0.1, 0.15) is 22.5 Å². The predicted molar refractivity (Wildman–Crippen MR) is 114 cm³/mol. The van der Waals surface area contributed by atoms with Gasteiger partial charge in [0.1, 0.15) is 0 Å². The van der Waals surface area contributed by atoms with E-state index in [0.29, 0.717) is 5.02 Å². The van der Waals surface area contributed by atoms with Crippen LogP contribution in [0.25, 0.3) is 5.69 Å². The van der Waals surface area contributed by atoms with Crippen LogP contribution < -0.4 is 5.43 Å². The molecule has 138 valence electrons. The normalized spacial score (nSPS) is 11.1. The van der Waals surface area contributed by atoms with Crippen LogP contribution in [-0.4, -0.2) is 16.7 Å². The fourth-order valence-corrected chi connectivity index (χ4v) is 3.30. The van der Waals surface area contributed by atoms with Crippen LogP contribution in [-0.2, 0) is 11.2 Å². The van der Waals surface area contributed by atoms with Gasteiger partial charge in [0, 0.05) is 32.1 Å². The van der Waals surface area contributed by atoms with Crippen LogP contribution in [0.15, 0.2) is 64.2 Å². The van der Waals surface area contributed by atoms with E-state index >= 15 is 0 Å². The highest BCUT2D eigenvalue weighted by Gasteiger charge is 2.09. The van der Waals surface area contributed by atoms with E-state index < -0.39 is 0 Å². The van der Waals surface area contributed by atoms with Gasteiger partial charge in [0.25, 0.3) is 0 Å². The lowest BCUT2D eigenvalue weighted by atomic mass is 10.1. The van der Waals surface area contributed by atoms with Crippen molar-refractivity contribution in [3.8, 4) is 5.69 Å². The van der Waals surface area contributed by atoms with Gasteiger partial charge in [-0.2, -0.15) is 5.10 Å². The summed E-state index contributed by atoms with van der Waals surface area (Å²) in [5.41, 5.74) is 7.64. The highest BCUT2D eigenvalue weighted by molar-refractivity contribution is 9.10. The zero-order chi connectivity index (χ0) is 19.4. The van der Waals surface area contributed by atoms with E-state index in [1.54, 1.807) is 6.21 Å². The number of aryl methyl sites for hydroxylation is 1. The Balaban J connectivity index is 1.68. The molecule has 0 spiro atoms. The van der Waals surface area contributed by atoms with Gasteiger partial charge in [0.15, 0.2) is 0 Å². The van der Waals surface area contributed by atoms with E-state index in [1.165, 1.54) is 0 Å². The number of halogens is 2. The fourth-order valence-electron chi connectivity index (χ4n) is 2.91. The van der Waals surface area contributed by atoms with Crippen molar-refractivity contribution in [2.24, 2.45) is 5.10 Å². The number of carbonyl (C=O) groups excluding carboxylic acids is 1. The van der Waals surface area contributed by atoms with Crippen LogP contribution in [0.3, 0.4) is 0 Å². The first kappa shape index (κ1) is 19.4. The maximum Gasteiger partial charge on any atom is 0.244 e. The Morgan fingerprint density at radius 3 is 2.48 bits per heavy atom. The lowest BCUT2D eigenvalue weighted by Crippen LogP contribution is -2.19. The van der Waals surface area contributed by atoms with E-state index in [1.807, 2.05) is 68.4 Å². The summed E-state index contributed by atoms with van der Waals surface area (Å²) in [7, 11) is 0. The van der Waals surface area contributed by atoms with E-state index in [9.17, 15) is 4.79 Å². The second kappa shape index (κ2) is 8.55. The Bertz CT molecular complexity index is 976. The number of hydrogen-bond acceptors (Lipinski definition) is 2. The number of rotatable bonds is 5. The molecular weight excluding hydrogens is 426 g/mol. The maximum absolute atomic E-state index is 12.0. The minimum Gasteiger partial charge on any atom is -0.318 e. The molecule has 0 bridgehead atoms. The summed E-state index contributed by atoms with van der Waals surface area (Å²) in [5, 5.41) is 4.82. The van der Waals surface area contributed by atoms with Crippen molar-refractivity contribution in [3.05, 3.63) is 86.6 Å². The van der Waals surface area contributed by atoms with Crippen LogP contribution in [0.4, 0.5) is 0 Å². The second-order valence-electron chi connectivity index (χ2n) is 6.23. The Morgan fingerprint density at radius 2 is 1.81 bits per heavy atom. The van der Waals surface area contributed by atoms with Crippen molar-refractivity contribution in [1.29, 1.82) is 0 Å². The molecule has 6 heteroatoms. The third-order valence-electron chi connectivity index (χ3n) is 4.23. The van der Waals surface area contributed by atoms with Crippen molar-refractivity contribution in [2.45, 2.75) is 20.3 Å². The van der Waals surface area contributed by atoms with Gasteiger partial charge >= 0.3 is 0 Å². The minimum absolute atomic E-state index is 0.153. The summed E-state index contributed by atoms with van der Waals surface area (Å²) in [6, 6.07) is 17.4. The number of hydrazone groups is 1. The molecule has 0 fully saturated rings. The first-order valence-corrected chi connectivity index (χ1v) is 9.62. The van der Waals surface area contributed by atoms with Gasteiger partial charge in [-0.3, -0.25) is 4.79 Å². The predicted octanol–water partition coefficient (Wildman–Crippen LogP) is 5.20. The number of carbonyl (C=O) groups is 1. The van der Waals surface area contributed by atoms with Crippen LogP contribution >= 0.6 is 27.5 Å². The first-order valence-electron chi connectivity index (χ1n) is 8.45. The van der Waals surface area contributed by atoms with Gasteiger partial charge in [-0.05, 0) is 61.9 Å². The molecule has 0 atom stereocenters. The van der Waals surface area contributed by atoms with Gasteiger partial charge in [-0.15, -0.1) is 0 Å². The molecule has 0 radical (unpaired) electrons. The zero-order valence-electron chi connectivity index (χ0n) is 15.0. The topological polar surface area (TPSA) is 46.4 Å². The molecule has 3 rings (SSSR count). The lowest BCUT2D eigenvalue weighted by molar-refractivity contribution is -0.120. The van der Waals surface area contributed by atoms with E-state index in [-0.39, 0.29) is 12.3 Å². The third kappa shape index (κ3) is 4.87. The molecule has 3 aromatic rings. The molecule has 1 aromatic heterocycles. The quantitative estimate of drug-likeness (QED) is 0.426. The highest BCUT2D eigenvalue weighted by Crippen LogP contribution is 2.21. The van der Waals surface area contributed by atoms with Crippen LogP contribution in [0.2, 0.25) is 5.02 Å². The third-order valence-corrected chi connectivity index (χ3v) is 5.01. The molecule has 1 amide bonds. The average molecular weight is 445 g/mol. The highest BCUT2D eigenvalue weighted by atomic mass is 79.9. The van der Waals surface area contributed by atoms with Crippen molar-refractivity contribution in [1.82, 2.24) is 9.99 Å². The number of nitrogens with zero attached hydrogens (tertiary/aromatic N) is 2. The molecule has 0 aliphatic carbocycles. The van der Waals surface area contributed by atoms with Crippen molar-refractivity contribution >= 4 is 39.7 Å². The number of benzene rings is 2. The summed E-state index contributed by atoms with van der Waals surface area (Å²) in [4.78, 5) is 12.0. The first-order chi connectivity index (χ1) is 12.9. The van der Waals surface area contributed by atoms with Gasteiger partial charge in [-0.1, -0.05) is 39.7 Å². The van der Waals surface area contributed by atoms with Gasteiger partial charge in [0.05, 0.1) is 12.6 Å². The summed E-state index contributed by atoms with van der Waals surface area (Å²) in [5.74, 6) is -0.153. The zero-order valence-corrected chi connectivity index (χ0v) is 17.4. The summed E-state index contributed by atoms with van der Waals surface area (Å²) >= 11 is 9.36. The molecule has 0 unspecified atom stereocenters. The van der Waals surface area contributed by atoms with E-state index in [2.05, 4.69) is 31.0 Å². The van der Waals surface area contributed by atoms with E-state index in [0.717, 1.165) is 32.7 Å². The molecule has 2 aromatic carbocycles. The number of aromatic nitrogens is 1. The summed E-state index contributed by atoms with van der Waals surface area (Å²) in [6.45, 7) is 4.05. The number of amides is 1. The summed E-state index contributed by atoms with van der Waals surface area (Å²) < 4.78 is 3.11. The molecule has 0 aliphatic rings. The fraction of sp³-hybridized carbons (Fsp3) is 0.143. The smallest absolute Gasteiger partial charge is 0.244 e. The minimum atomic E-state index is -0.153. The number of hydrogen-bond donors (Lipinski definition) is 1. The van der Waals surface area contributed by atoms with Crippen LogP contribution in [0.5, 0.6) is 0 Å². The largest absolute Gasteiger partial charge is 0.318 e. The lowest BCUT2D eigenvalue weighted by Gasteiger charge is -2.09. The molecule has 0 saturated heterocycles. The average Bonchev–Trinajstić information content (AvgIpc) is 2.92. The Morgan fingerprint density at radius 1 is 1.15 bits per heavy atom. The Labute approximate surface area is 172 Å². The van der Waals surface area contributed by atoms with Gasteiger partial charge in [0.2, 0.25) is 5.91 Å². The standard InChI is InChI=1S/C21H19BrClN3O/c1-14-11-17(15(2)26(14)20-9-7-19(23)8-10-20)13-24-25-21(27)12-16-3-5-18(22)6-4-16/h3-11,13H,12H2,1-2H3,(H,25,27)/b24-13-. The molecule has 4 nitrogen and oxygen atoms in total. The van der Waals surface area contributed by atoms with Crippen molar-refractivity contribution < 1.29 is 4.79 Å². The Hall–Kier alpha value is -2.37. The van der Waals surface area contributed by atoms with Crippen LogP contribution in [0, 0.1) is 13.8 Å². The number of nitrogens with one attached hydrogen (secondary N) is 1. The molecule has 0 aliphatic heterocycles. The van der Waals surface area contributed by atoms with Crippen molar-refractivity contribution in [3.63, 3.8) is 0 Å². The maximum atomic E-state index is 12.0. The molecular formula is C21H19BrClN3O.